The molecule has 0 spiro atoms. The molecule has 1 aliphatic heterocycles. The second kappa shape index (κ2) is 6.63. The third kappa shape index (κ3) is 2.78. The lowest BCUT2D eigenvalue weighted by Gasteiger charge is -2.22. The molecule has 6 rings (SSSR count). The molecular formula is C20H22N8O2. The van der Waals surface area contributed by atoms with Crippen LogP contribution in [0, 0.1) is 6.92 Å². The van der Waals surface area contributed by atoms with Gasteiger partial charge >= 0.3 is 5.69 Å². The van der Waals surface area contributed by atoms with Crippen molar-refractivity contribution in [2.24, 2.45) is 0 Å². The van der Waals surface area contributed by atoms with E-state index in [1.165, 1.54) is 6.33 Å². The van der Waals surface area contributed by atoms with Gasteiger partial charge in [-0.15, -0.1) is 0 Å². The highest BCUT2D eigenvalue weighted by atomic mass is 16.5. The predicted molar refractivity (Wildman–Crippen MR) is 110 cm³/mol. The van der Waals surface area contributed by atoms with Gasteiger partial charge in [0.1, 0.15) is 11.8 Å². The van der Waals surface area contributed by atoms with Crippen LogP contribution in [0.2, 0.25) is 0 Å². The molecule has 1 saturated heterocycles. The van der Waals surface area contributed by atoms with Crippen LogP contribution in [-0.2, 0) is 4.74 Å². The third-order valence-corrected chi connectivity index (χ3v) is 5.99. The number of hydrogen-bond acceptors (Lipinski definition) is 7. The number of rotatable bonds is 4. The van der Waals surface area contributed by atoms with E-state index >= 15 is 0 Å². The third-order valence-electron chi connectivity index (χ3n) is 5.99. The standard InChI is InChI=1S/C20H22N8O2/c1-12-8-17-22-11-23-26(17)10-15(12)24-19-21-9-16-18(25-19)28(14-4-6-30-7-5-14)20(29)27(16)13-2-3-13/h8-11,13-14H,2-7H2,1H3,(H,21,24,25). The second-order valence-electron chi connectivity index (χ2n) is 8.06. The first-order valence-corrected chi connectivity index (χ1v) is 10.3. The van der Waals surface area contributed by atoms with E-state index in [1.54, 1.807) is 10.7 Å². The van der Waals surface area contributed by atoms with Crippen LogP contribution in [0.5, 0.6) is 0 Å². The highest BCUT2D eigenvalue weighted by molar-refractivity contribution is 5.74. The first-order valence-electron chi connectivity index (χ1n) is 10.3. The molecule has 0 radical (unpaired) electrons. The van der Waals surface area contributed by atoms with Crippen LogP contribution in [0.25, 0.3) is 16.8 Å². The molecule has 4 aromatic rings. The molecule has 0 bridgehead atoms. The molecule has 0 aromatic carbocycles. The first-order chi connectivity index (χ1) is 14.7. The molecule has 5 heterocycles. The molecule has 2 fully saturated rings. The quantitative estimate of drug-likeness (QED) is 0.555. The Kier molecular flexibility index (Phi) is 3.88. The molecule has 0 atom stereocenters. The Morgan fingerprint density at radius 2 is 1.90 bits per heavy atom. The summed E-state index contributed by atoms with van der Waals surface area (Å²) in [4.78, 5) is 26.8. The minimum absolute atomic E-state index is 0.0195. The van der Waals surface area contributed by atoms with Crippen LogP contribution in [-0.4, -0.2) is 46.9 Å². The van der Waals surface area contributed by atoms with E-state index in [-0.39, 0.29) is 17.8 Å². The summed E-state index contributed by atoms with van der Waals surface area (Å²) in [5.41, 5.74) is 4.15. The highest BCUT2D eigenvalue weighted by Gasteiger charge is 2.32. The van der Waals surface area contributed by atoms with Crippen LogP contribution >= 0.6 is 0 Å². The van der Waals surface area contributed by atoms with Crippen molar-refractivity contribution in [1.82, 2.24) is 33.7 Å². The second-order valence-corrected chi connectivity index (χ2v) is 8.06. The molecular weight excluding hydrogens is 384 g/mol. The Morgan fingerprint density at radius 3 is 2.70 bits per heavy atom. The minimum Gasteiger partial charge on any atom is -0.381 e. The van der Waals surface area contributed by atoms with Gasteiger partial charge in [0.05, 0.1) is 18.1 Å². The predicted octanol–water partition coefficient (Wildman–Crippen LogP) is 2.37. The van der Waals surface area contributed by atoms with Gasteiger partial charge in [-0.3, -0.25) is 9.13 Å². The van der Waals surface area contributed by atoms with Crippen molar-refractivity contribution in [2.45, 2.75) is 44.7 Å². The van der Waals surface area contributed by atoms with Crippen LogP contribution in [0.15, 0.2) is 29.6 Å². The maximum Gasteiger partial charge on any atom is 0.330 e. The highest BCUT2D eigenvalue weighted by Crippen LogP contribution is 2.37. The number of aryl methyl sites for hydroxylation is 1. The maximum absolute atomic E-state index is 13.3. The summed E-state index contributed by atoms with van der Waals surface area (Å²) >= 11 is 0. The topological polar surface area (TPSA) is 104 Å². The van der Waals surface area contributed by atoms with Gasteiger partial charge in [0.25, 0.3) is 0 Å². The van der Waals surface area contributed by atoms with Gasteiger partial charge in [0.2, 0.25) is 5.95 Å². The number of hydrogen-bond donors (Lipinski definition) is 1. The first kappa shape index (κ1) is 17.6. The van der Waals surface area contributed by atoms with Crippen molar-refractivity contribution < 1.29 is 4.74 Å². The molecule has 10 nitrogen and oxygen atoms in total. The Bertz CT molecular complexity index is 1310. The monoisotopic (exact) mass is 406 g/mol. The van der Waals surface area contributed by atoms with E-state index in [0.29, 0.717) is 24.8 Å². The van der Waals surface area contributed by atoms with E-state index in [2.05, 4.69) is 20.4 Å². The van der Waals surface area contributed by atoms with Crippen molar-refractivity contribution in [3.63, 3.8) is 0 Å². The number of anilines is 2. The van der Waals surface area contributed by atoms with Crippen molar-refractivity contribution in [2.75, 3.05) is 18.5 Å². The fraction of sp³-hybridized carbons (Fsp3) is 0.450. The summed E-state index contributed by atoms with van der Waals surface area (Å²) in [6.07, 6.45) is 8.86. The van der Waals surface area contributed by atoms with E-state index in [9.17, 15) is 4.79 Å². The normalized spacial score (nSPS) is 17.8. The van der Waals surface area contributed by atoms with Gasteiger partial charge in [-0.1, -0.05) is 0 Å². The number of imidazole rings is 1. The van der Waals surface area contributed by atoms with Crippen LogP contribution in [0.1, 0.15) is 43.3 Å². The summed E-state index contributed by atoms with van der Waals surface area (Å²) < 4.78 is 10.9. The van der Waals surface area contributed by atoms with E-state index in [4.69, 9.17) is 9.72 Å². The molecule has 1 aliphatic carbocycles. The zero-order valence-electron chi connectivity index (χ0n) is 16.7. The van der Waals surface area contributed by atoms with E-state index in [0.717, 1.165) is 48.1 Å². The van der Waals surface area contributed by atoms with Gasteiger partial charge in [0, 0.05) is 25.3 Å². The smallest absolute Gasteiger partial charge is 0.330 e. The number of ether oxygens (including phenoxy) is 1. The van der Waals surface area contributed by atoms with Crippen molar-refractivity contribution in [3.05, 3.63) is 40.8 Å². The summed E-state index contributed by atoms with van der Waals surface area (Å²) in [6.45, 7) is 3.33. The number of nitrogens with zero attached hydrogens (tertiary/aromatic N) is 7. The summed E-state index contributed by atoms with van der Waals surface area (Å²) in [7, 11) is 0. The average Bonchev–Trinajstić information content (AvgIpc) is 3.41. The fourth-order valence-corrected chi connectivity index (χ4v) is 4.25. The number of pyridine rings is 1. The number of nitrogens with one attached hydrogen (secondary N) is 1. The molecule has 1 saturated carbocycles. The Morgan fingerprint density at radius 1 is 1.10 bits per heavy atom. The number of fused-ring (bicyclic) bond motifs is 2. The average molecular weight is 406 g/mol. The van der Waals surface area contributed by atoms with Gasteiger partial charge in [-0.05, 0) is 44.2 Å². The lowest BCUT2D eigenvalue weighted by Crippen LogP contribution is -2.30. The summed E-state index contributed by atoms with van der Waals surface area (Å²) in [6, 6.07) is 2.32. The lowest BCUT2D eigenvalue weighted by atomic mass is 10.1. The van der Waals surface area contributed by atoms with E-state index in [1.807, 2.05) is 28.3 Å². The molecule has 10 heteroatoms. The Hall–Kier alpha value is -3.27. The van der Waals surface area contributed by atoms with Crippen LogP contribution in [0.4, 0.5) is 11.6 Å². The molecule has 154 valence electrons. The molecule has 0 amide bonds. The lowest BCUT2D eigenvalue weighted by molar-refractivity contribution is 0.0694. The van der Waals surface area contributed by atoms with Crippen molar-refractivity contribution >= 4 is 28.4 Å². The molecule has 2 aliphatic rings. The Labute approximate surface area is 171 Å². The van der Waals surface area contributed by atoms with Crippen molar-refractivity contribution in [3.8, 4) is 0 Å². The van der Waals surface area contributed by atoms with Gasteiger partial charge in [0.15, 0.2) is 11.3 Å². The van der Waals surface area contributed by atoms with Crippen LogP contribution < -0.4 is 11.0 Å². The molecule has 30 heavy (non-hydrogen) atoms. The van der Waals surface area contributed by atoms with Gasteiger partial charge in [-0.25, -0.2) is 19.3 Å². The van der Waals surface area contributed by atoms with Gasteiger partial charge in [-0.2, -0.15) is 10.1 Å². The van der Waals surface area contributed by atoms with Crippen LogP contribution in [0.3, 0.4) is 0 Å². The summed E-state index contributed by atoms with van der Waals surface area (Å²) in [5, 5.41) is 7.48. The molecule has 4 aromatic heterocycles. The maximum atomic E-state index is 13.3. The van der Waals surface area contributed by atoms with Crippen molar-refractivity contribution in [1.29, 1.82) is 0 Å². The number of aromatic nitrogens is 7. The SMILES string of the molecule is Cc1cc2ncnn2cc1Nc1ncc2c(n1)n(C1CCOCC1)c(=O)n2C1CC1. The van der Waals surface area contributed by atoms with E-state index < -0.39 is 0 Å². The zero-order chi connectivity index (χ0) is 20.2. The zero-order valence-corrected chi connectivity index (χ0v) is 16.7. The Balaban J connectivity index is 1.46. The van der Waals surface area contributed by atoms with Gasteiger partial charge < -0.3 is 10.1 Å². The minimum atomic E-state index is 0.0195. The fourth-order valence-electron chi connectivity index (χ4n) is 4.25. The molecule has 1 N–H and O–H groups in total. The molecule has 0 unspecified atom stereocenters. The summed E-state index contributed by atoms with van der Waals surface area (Å²) in [5.74, 6) is 0.457. The largest absolute Gasteiger partial charge is 0.381 e.